The van der Waals surface area contributed by atoms with Crippen molar-refractivity contribution in [2.45, 2.75) is 45.4 Å². The second kappa shape index (κ2) is 7.33. The van der Waals surface area contributed by atoms with E-state index in [1.54, 1.807) is 6.92 Å². The fourth-order valence-corrected chi connectivity index (χ4v) is 3.00. The molecule has 0 heterocycles. The van der Waals surface area contributed by atoms with Crippen LogP contribution in [0.5, 0.6) is 0 Å². The predicted molar refractivity (Wildman–Crippen MR) is 79.3 cm³/mol. The first-order valence-electron chi connectivity index (χ1n) is 7.66. The van der Waals surface area contributed by atoms with Crippen molar-refractivity contribution in [1.29, 1.82) is 0 Å². The zero-order chi connectivity index (χ0) is 16.1. The molecular weight excluding hydrogens is 289 g/mol. The van der Waals surface area contributed by atoms with E-state index in [9.17, 15) is 19.3 Å². The highest BCUT2D eigenvalue weighted by Gasteiger charge is 2.25. The molecule has 2 rings (SSSR count). The molecule has 1 aromatic rings. The summed E-state index contributed by atoms with van der Waals surface area (Å²) >= 11 is 0. The second-order valence-corrected chi connectivity index (χ2v) is 5.65. The molecule has 6 heteroatoms. The summed E-state index contributed by atoms with van der Waals surface area (Å²) in [5, 5.41) is 11.2. The van der Waals surface area contributed by atoms with E-state index >= 15 is 0 Å². The zero-order valence-corrected chi connectivity index (χ0v) is 12.6. The van der Waals surface area contributed by atoms with E-state index in [1.807, 2.05) is 0 Å². The van der Waals surface area contributed by atoms with Gasteiger partial charge in [0.15, 0.2) is 0 Å². The van der Waals surface area contributed by atoms with E-state index in [2.05, 4.69) is 0 Å². The lowest BCUT2D eigenvalue weighted by molar-refractivity contribution is -0.385. The maximum absolute atomic E-state index is 14.1. The average molecular weight is 309 g/mol. The summed E-state index contributed by atoms with van der Waals surface area (Å²) in [5.74, 6) is -1.28. The van der Waals surface area contributed by atoms with Crippen LogP contribution in [-0.2, 0) is 11.2 Å². The Balaban J connectivity index is 2.30. The van der Waals surface area contributed by atoms with Gasteiger partial charge < -0.3 is 4.74 Å². The molecule has 0 radical (unpaired) electrons. The van der Waals surface area contributed by atoms with Crippen LogP contribution in [0.3, 0.4) is 0 Å². The Labute approximate surface area is 128 Å². The number of nitrogens with zero attached hydrogens (tertiary/aromatic N) is 1. The van der Waals surface area contributed by atoms with Crippen molar-refractivity contribution in [2.24, 2.45) is 5.92 Å². The summed E-state index contributed by atoms with van der Waals surface area (Å²) in [4.78, 5) is 22.3. The van der Waals surface area contributed by atoms with Crippen LogP contribution in [0, 0.1) is 21.8 Å². The summed E-state index contributed by atoms with van der Waals surface area (Å²) in [7, 11) is 0. The normalized spacial score (nSPS) is 15.5. The molecule has 1 aromatic carbocycles. The smallest absolute Gasteiger partial charge is 0.341 e. The van der Waals surface area contributed by atoms with Gasteiger partial charge in [0, 0.05) is 11.6 Å². The second-order valence-electron chi connectivity index (χ2n) is 5.65. The van der Waals surface area contributed by atoms with Gasteiger partial charge in [-0.1, -0.05) is 32.1 Å². The summed E-state index contributed by atoms with van der Waals surface area (Å²) in [5.41, 5.74) is -0.210. The number of ether oxygens (including phenoxy) is 1. The van der Waals surface area contributed by atoms with Gasteiger partial charge in [-0.25, -0.2) is 9.18 Å². The van der Waals surface area contributed by atoms with Crippen molar-refractivity contribution in [1.82, 2.24) is 0 Å². The van der Waals surface area contributed by atoms with Gasteiger partial charge in [-0.15, -0.1) is 0 Å². The van der Waals surface area contributed by atoms with Crippen LogP contribution >= 0.6 is 0 Å². The third kappa shape index (κ3) is 3.81. The number of carbonyl (C=O) groups is 1. The minimum absolute atomic E-state index is 0.0932. The monoisotopic (exact) mass is 309 g/mol. The van der Waals surface area contributed by atoms with Crippen molar-refractivity contribution in [2.75, 3.05) is 6.61 Å². The van der Waals surface area contributed by atoms with Crippen molar-refractivity contribution in [3.8, 4) is 0 Å². The maximum Gasteiger partial charge on any atom is 0.341 e. The Morgan fingerprint density at radius 1 is 1.36 bits per heavy atom. The van der Waals surface area contributed by atoms with E-state index in [0.717, 1.165) is 37.8 Å². The molecule has 1 aliphatic carbocycles. The van der Waals surface area contributed by atoms with Gasteiger partial charge in [0.1, 0.15) is 11.4 Å². The zero-order valence-electron chi connectivity index (χ0n) is 12.6. The lowest BCUT2D eigenvalue weighted by Crippen LogP contribution is -2.13. The molecule has 5 nitrogen and oxygen atoms in total. The molecule has 1 saturated carbocycles. The van der Waals surface area contributed by atoms with Crippen LogP contribution in [0.15, 0.2) is 12.1 Å². The van der Waals surface area contributed by atoms with Crippen LogP contribution in [0.25, 0.3) is 0 Å². The molecular formula is C16H20FNO4. The van der Waals surface area contributed by atoms with Crippen LogP contribution in [0.1, 0.15) is 54.9 Å². The first kappa shape index (κ1) is 16.4. The molecule has 1 aliphatic rings. The summed E-state index contributed by atoms with van der Waals surface area (Å²) in [6.45, 7) is 1.69. The highest BCUT2D eigenvalue weighted by molar-refractivity contribution is 5.90. The number of rotatable bonds is 5. The topological polar surface area (TPSA) is 69.4 Å². The SMILES string of the molecule is CCOC(=O)c1cc([N+](=O)[O-])c(CC2CCCCC2)cc1F. The highest BCUT2D eigenvalue weighted by Crippen LogP contribution is 2.31. The minimum Gasteiger partial charge on any atom is -0.462 e. The Bertz CT molecular complexity index is 568. The largest absolute Gasteiger partial charge is 0.462 e. The summed E-state index contributed by atoms with van der Waals surface area (Å²) < 4.78 is 18.8. The van der Waals surface area contributed by atoms with Crippen LogP contribution in [-0.4, -0.2) is 17.5 Å². The third-order valence-corrected chi connectivity index (χ3v) is 4.09. The van der Waals surface area contributed by atoms with Crippen molar-refractivity contribution >= 4 is 11.7 Å². The lowest BCUT2D eigenvalue weighted by Gasteiger charge is -2.21. The first-order valence-corrected chi connectivity index (χ1v) is 7.66. The standard InChI is InChI=1S/C16H20FNO4/c1-2-22-16(19)13-10-15(18(20)21)12(9-14(13)17)8-11-6-4-3-5-7-11/h9-11H,2-8H2,1H3. The number of halogens is 1. The van der Waals surface area contributed by atoms with Crippen LogP contribution < -0.4 is 0 Å². The van der Waals surface area contributed by atoms with Gasteiger partial charge in [0.2, 0.25) is 0 Å². The summed E-state index contributed by atoms with van der Waals surface area (Å²) in [6, 6.07) is 2.13. The fraction of sp³-hybridized carbons (Fsp3) is 0.562. The Morgan fingerprint density at radius 3 is 2.64 bits per heavy atom. The van der Waals surface area contributed by atoms with Crippen molar-refractivity contribution < 1.29 is 18.8 Å². The molecule has 0 spiro atoms. The lowest BCUT2D eigenvalue weighted by atomic mass is 9.84. The number of nitro groups is 1. The van der Waals surface area contributed by atoms with E-state index in [0.29, 0.717) is 17.9 Å². The molecule has 0 aliphatic heterocycles. The first-order chi connectivity index (χ1) is 10.5. The van der Waals surface area contributed by atoms with Crippen LogP contribution in [0.4, 0.5) is 10.1 Å². The number of nitro benzene ring substituents is 1. The average Bonchev–Trinajstić information content (AvgIpc) is 2.48. The molecule has 0 aromatic heterocycles. The molecule has 0 unspecified atom stereocenters. The number of hydrogen-bond donors (Lipinski definition) is 0. The number of esters is 1. The molecule has 0 N–H and O–H groups in total. The van der Waals surface area contributed by atoms with Gasteiger partial charge in [-0.2, -0.15) is 0 Å². The van der Waals surface area contributed by atoms with E-state index in [4.69, 9.17) is 4.74 Å². The van der Waals surface area contributed by atoms with E-state index in [1.165, 1.54) is 6.42 Å². The minimum atomic E-state index is -0.868. The number of benzene rings is 1. The van der Waals surface area contributed by atoms with Crippen molar-refractivity contribution in [3.63, 3.8) is 0 Å². The fourth-order valence-electron chi connectivity index (χ4n) is 3.00. The van der Waals surface area contributed by atoms with Gasteiger partial charge >= 0.3 is 5.97 Å². The number of hydrogen-bond acceptors (Lipinski definition) is 4. The quantitative estimate of drug-likeness (QED) is 0.468. The predicted octanol–water partition coefficient (Wildman–Crippen LogP) is 4.03. The summed E-state index contributed by atoms with van der Waals surface area (Å²) in [6.07, 6.45) is 5.92. The molecule has 22 heavy (non-hydrogen) atoms. The van der Waals surface area contributed by atoms with Gasteiger partial charge in [-0.05, 0) is 25.3 Å². The third-order valence-electron chi connectivity index (χ3n) is 4.09. The molecule has 0 bridgehead atoms. The van der Waals surface area contributed by atoms with Crippen molar-refractivity contribution in [3.05, 3.63) is 39.2 Å². The van der Waals surface area contributed by atoms with E-state index < -0.39 is 16.7 Å². The molecule has 0 saturated heterocycles. The van der Waals surface area contributed by atoms with Gasteiger partial charge in [0.05, 0.1) is 11.5 Å². The molecule has 120 valence electrons. The highest BCUT2D eigenvalue weighted by atomic mass is 19.1. The number of carbonyl (C=O) groups excluding carboxylic acids is 1. The van der Waals surface area contributed by atoms with E-state index in [-0.39, 0.29) is 17.9 Å². The van der Waals surface area contributed by atoms with Crippen LogP contribution in [0.2, 0.25) is 0 Å². The Kier molecular flexibility index (Phi) is 5.46. The molecule has 0 atom stereocenters. The Morgan fingerprint density at radius 2 is 2.05 bits per heavy atom. The Hall–Kier alpha value is -1.98. The van der Waals surface area contributed by atoms with Gasteiger partial charge in [-0.3, -0.25) is 10.1 Å². The maximum atomic E-state index is 14.1. The van der Waals surface area contributed by atoms with Gasteiger partial charge in [0.25, 0.3) is 5.69 Å². The molecule has 0 amide bonds. The molecule has 1 fully saturated rings.